The van der Waals surface area contributed by atoms with Gasteiger partial charge in [0.05, 0.1) is 5.56 Å². The van der Waals surface area contributed by atoms with Gasteiger partial charge in [0.2, 0.25) is 0 Å². The highest BCUT2D eigenvalue weighted by atomic mass is 35.5. The fraction of sp³-hybridized carbons (Fsp3) is 0.154. The van der Waals surface area contributed by atoms with Gasteiger partial charge in [0, 0.05) is 23.7 Å². The number of halogens is 1. The summed E-state index contributed by atoms with van der Waals surface area (Å²) in [5.41, 5.74) is 8.14. The number of nitrogens with zero attached hydrogens (tertiary/aromatic N) is 2. The Bertz CT molecular complexity index is 584. The number of rotatable bonds is 3. The van der Waals surface area contributed by atoms with E-state index >= 15 is 0 Å². The van der Waals surface area contributed by atoms with Gasteiger partial charge in [-0.1, -0.05) is 18.5 Å². The molecule has 0 radical (unpaired) electrons. The lowest BCUT2D eigenvalue weighted by Crippen LogP contribution is -2.13. The molecule has 0 spiro atoms. The number of carbonyl (C=O) groups excluding carboxylic acids is 1. The first kappa shape index (κ1) is 12.5. The zero-order valence-corrected chi connectivity index (χ0v) is 10.6. The molecule has 0 aliphatic heterocycles. The first-order chi connectivity index (χ1) is 8.63. The van der Waals surface area contributed by atoms with E-state index in [4.69, 9.17) is 17.3 Å². The average Bonchev–Trinajstić information content (AvgIpc) is 2.39. The van der Waals surface area contributed by atoms with Crippen molar-refractivity contribution in [3.8, 4) is 11.1 Å². The van der Waals surface area contributed by atoms with Crippen molar-refractivity contribution in [1.29, 1.82) is 0 Å². The van der Waals surface area contributed by atoms with Crippen LogP contribution in [0.3, 0.4) is 0 Å². The number of pyridine rings is 2. The summed E-state index contributed by atoms with van der Waals surface area (Å²) in [6.45, 7) is 1.98. The Morgan fingerprint density at radius 2 is 2.06 bits per heavy atom. The molecule has 2 heterocycles. The Morgan fingerprint density at radius 3 is 2.61 bits per heavy atom. The summed E-state index contributed by atoms with van der Waals surface area (Å²) >= 11 is 5.94. The zero-order valence-electron chi connectivity index (χ0n) is 9.85. The lowest BCUT2D eigenvalue weighted by molar-refractivity contribution is 0.1000. The van der Waals surface area contributed by atoms with E-state index in [1.165, 1.54) is 0 Å². The Kier molecular flexibility index (Phi) is 3.58. The van der Waals surface area contributed by atoms with E-state index in [0.29, 0.717) is 0 Å². The Morgan fingerprint density at radius 1 is 1.39 bits per heavy atom. The molecule has 1 amide bonds. The van der Waals surface area contributed by atoms with Gasteiger partial charge in [-0.05, 0) is 30.2 Å². The maximum absolute atomic E-state index is 11.3. The second-order valence-corrected chi connectivity index (χ2v) is 4.13. The highest BCUT2D eigenvalue weighted by molar-refractivity contribution is 6.32. The van der Waals surface area contributed by atoms with Crippen molar-refractivity contribution in [2.24, 2.45) is 5.73 Å². The van der Waals surface area contributed by atoms with Crippen LogP contribution in [0.25, 0.3) is 11.1 Å². The van der Waals surface area contributed by atoms with E-state index < -0.39 is 5.91 Å². The van der Waals surface area contributed by atoms with E-state index in [9.17, 15) is 4.79 Å². The molecule has 0 saturated carbocycles. The van der Waals surface area contributed by atoms with E-state index in [-0.39, 0.29) is 10.7 Å². The van der Waals surface area contributed by atoms with Crippen molar-refractivity contribution in [2.45, 2.75) is 13.3 Å². The molecule has 18 heavy (non-hydrogen) atoms. The van der Waals surface area contributed by atoms with Crippen LogP contribution in [0, 0.1) is 0 Å². The Hall–Kier alpha value is -1.94. The summed E-state index contributed by atoms with van der Waals surface area (Å²) in [5, 5.41) is 0.150. The number of amides is 1. The normalized spacial score (nSPS) is 10.3. The molecular weight excluding hydrogens is 250 g/mol. The summed E-state index contributed by atoms with van der Waals surface area (Å²) in [5.74, 6) is -0.578. The first-order valence-electron chi connectivity index (χ1n) is 5.53. The topological polar surface area (TPSA) is 68.9 Å². The fourth-order valence-corrected chi connectivity index (χ4v) is 2.00. The highest BCUT2D eigenvalue weighted by Crippen LogP contribution is 2.26. The van der Waals surface area contributed by atoms with Gasteiger partial charge >= 0.3 is 0 Å². The fourth-order valence-electron chi connectivity index (χ4n) is 1.75. The largest absolute Gasteiger partial charge is 0.366 e. The minimum absolute atomic E-state index is 0.150. The number of aromatic nitrogens is 2. The molecule has 2 aromatic rings. The summed E-state index contributed by atoms with van der Waals surface area (Å²) < 4.78 is 0. The van der Waals surface area contributed by atoms with Crippen molar-refractivity contribution in [3.05, 3.63) is 47.0 Å². The zero-order chi connectivity index (χ0) is 13.1. The van der Waals surface area contributed by atoms with Gasteiger partial charge < -0.3 is 5.73 Å². The SMILES string of the molecule is CCc1nc(Cl)c(C(N)=O)cc1-c1ccncc1. The molecule has 0 aromatic carbocycles. The number of nitrogens with two attached hydrogens (primary N) is 1. The third-order valence-electron chi connectivity index (χ3n) is 2.65. The number of hydrogen-bond donors (Lipinski definition) is 1. The van der Waals surface area contributed by atoms with Gasteiger partial charge in [-0.25, -0.2) is 4.98 Å². The quantitative estimate of drug-likeness (QED) is 0.863. The molecule has 2 aromatic heterocycles. The number of aryl methyl sites for hydroxylation is 1. The van der Waals surface area contributed by atoms with Gasteiger partial charge in [0.25, 0.3) is 5.91 Å². The van der Waals surface area contributed by atoms with Gasteiger partial charge in [0.15, 0.2) is 0 Å². The van der Waals surface area contributed by atoms with E-state index in [0.717, 1.165) is 23.2 Å². The van der Waals surface area contributed by atoms with Gasteiger partial charge in [-0.15, -0.1) is 0 Å². The smallest absolute Gasteiger partial charge is 0.251 e. The number of hydrogen-bond acceptors (Lipinski definition) is 3. The average molecular weight is 262 g/mol. The summed E-state index contributed by atoms with van der Waals surface area (Å²) in [6, 6.07) is 5.40. The van der Waals surface area contributed by atoms with Crippen LogP contribution in [0.2, 0.25) is 5.15 Å². The van der Waals surface area contributed by atoms with Crippen molar-refractivity contribution in [3.63, 3.8) is 0 Å². The molecule has 0 saturated heterocycles. The van der Waals surface area contributed by atoms with Gasteiger partial charge in [-0.3, -0.25) is 9.78 Å². The number of primary amides is 1. The predicted octanol–water partition coefficient (Wildman–Crippen LogP) is 2.46. The lowest BCUT2D eigenvalue weighted by Gasteiger charge is -2.10. The van der Waals surface area contributed by atoms with E-state index in [2.05, 4.69) is 9.97 Å². The standard InChI is InChI=1S/C13H12ClN3O/c1-2-11-9(8-3-5-16-6-4-8)7-10(13(15)18)12(14)17-11/h3-7H,2H2,1H3,(H2,15,18). The maximum atomic E-state index is 11.3. The minimum atomic E-state index is -0.578. The monoisotopic (exact) mass is 261 g/mol. The molecule has 0 aliphatic rings. The third kappa shape index (κ3) is 2.33. The van der Waals surface area contributed by atoms with Crippen LogP contribution in [-0.4, -0.2) is 15.9 Å². The van der Waals surface area contributed by atoms with Crippen molar-refractivity contribution in [1.82, 2.24) is 9.97 Å². The summed E-state index contributed by atoms with van der Waals surface area (Å²) in [4.78, 5) is 19.5. The second-order valence-electron chi connectivity index (χ2n) is 3.77. The van der Waals surface area contributed by atoms with Crippen LogP contribution >= 0.6 is 11.6 Å². The molecule has 0 aliphatic carbocycles. The molecule has 2 N–H and O–H groups in total. The van der Waals surface area contributed by atoms with E-state index in [1.54, 1.807) is 18.5 Å². The predicted molar refractivity (Wildman–Crippen MR) is 70.4 cm³/mol. The molecule has 0 unspecified atom stereocenters. The molecule has 5 heteroatoms. The van der Waals surface area contributed by atoms with Crippen molar-refractivity contribution >= 4 is 17.5 Å². The Labute approximate surface area is 110 Å². The van der Waals surface area contributed by atoms with Crippen LogP contribution in [0.5, 0.6) is 0 Å². The van der Waals surface area contributed by atoms with Gasteiger partial charge in [-0.2, -0.15) is 0 Å². The van der Waals surface area contributed by atoms with Crippen LogP contribution in [0.4, 0.5) is 0 Å². The Balaban J connectivity index is 2.65. The number of carbonyl (C=O) groups is 1. The first-order valence-corrected chi connectivity index (χ1v) is 5.91. The molecule has 92 valence electrons. The maximum Gasteiger partial charge on any atom is 0.251 e. The van der Waals surface area contributed by atoms with E-state index in [1.807, 2.05) is 19.1 Å². The summed E-state index contributed by atoms with van der Waals surface area (Å²) in [7, 11) is 0. The molecule has 4 nitrogen and oxygen atoms in total. The van der Waals surface area contributed by atoms with Crippen molar-refractivity contribution in [2.75, 3.05) is 0 Å². The molecule has 0 bridgehead atoms. The van der Waals surface area contributed by atoms with Crippen LogP contribution in [0.15, 0.2) is 30.6 Å². The molecule has 2 rings (SSSR count). The van der Waals surface area contributed by atoms with Crippen LogP contribution in [0.1, 0.15) is 23.0 Å². The molecular formula is C13H12ClN3O. The minimum Gasteiger partial charge on any atom is -0.366 e. The third-order valence-corrected chi connectivity index (χ3v) is 2.93. The highest BCUT2D eigenvalue weighted by Gasteiger charge is 2.14. The lowest BCUT2D eigenvalue weighted by atomic mass is 10.0. The van der Waals surface area contributed by atoms with Gasteiger partial charge in [0.1, 0.15) is 5.15 Å². The second kappa shape index (κ2) is 5.14. The van der Waals surface area contributed by atoms with Crippen molar-refractivity contribution < 1.29 is 4.79 Å². The molecule has 0 atom stereocenters. The van der Waals surface area contributed by atoms with Crippen LogP contribution in [-0.2, 0) is 6.42 Å². The summed E-state index contributed by atoms with van der Waals surface area (Å²) in [6.07, 6.45) is 4.09. The molecule has 0 fully saturated rings. The van der Waals surface area contributed by atoms with Crippen LogP contribution < -0.4 is 5.73 Å².